The number of carboxylic acid groups (broad SMARTS) is 1. The number of hydrogen-bond acceptors (Lipinski definition) is 3. The fraction of sp³-hybridized carbons (Fsp3) is 0.231. The largest absolute Gasteiger partial charge is 0.480 e. The maximum atomic E-state index is 10.4. The van der Waals surface area contributed by atoms with Crippen molar-refractivity contribution < 1.29 is 19.4 Å². The molecule has 0 aliphatic carbocycles. The first-order chi connectivity index (χ1) is 8.95. The van der Waals surface area contributed by atoms with Crippen LogP contribution < -0.4 is 4.74 Å². The lowest BCUT2D eigenvalue weighted by Crippen LogP contribution is -2.09. The minimum Gasteiger partial charge on any atom is -0.480 e. The van der Waals surface area contributed by atoms with Crippen molar-refractivity contribution >= 4 is 35.5 Å². The number of rotatable bonds is 7. The molecule has 0 aromatic heterocycles. The standard InChI is InChI=1S/C13H12Cl2O4/c1-8(4-5-16)6-9-2-3-10(13(15)12(9)14)19-7-11(17)18/h2-3,5H,1,4,6-7H2,(H,17,18). The van der Waals surface area contributed by atoms with Gasteiger partial charge in [0.05, 0.1) is 5.02 Å². The first-order valence-electron chi connectivity index (χ1n) is 5.37. The van der Waals surface area contributed by atoms with E-state index in [-0.39, 0.29) is 22.2 Å². The van der Waals surface area contributed by atoms with E-state index in [0.29, 0.717) is 17.6 Å². The van der Waals surface area contributed by atoms with E-state index in [9.17, 15) is 9.59 Å². The number of halogens is 2. The number of carbonyl (C=O) groups is 2. The van der Waals surface area contributed by atoms with Gasteiger partial charge in [-0.3, -0.25) is 0 Å². The van der Waals surface area contributed by atoms with Crippen LogP contribution in [0, 0.1) is 0 Å². The predicted molar refractivity (Wildman–Crippen MR) is 73.1 cm³/mol. The van der Waals surface area contributed by atoms with E-state index < -0.39 is 12.6 Å². The molecular formula is C13H12Cl2O4. The van der Waals surface area contributed by atoms with Gasteiger partial charge in [0.15, 0.2) is 6.61 Å². The molecule has 1 aromatic rings. The number of aliphatic carboxylic acids is 1. The maximum Gasteiger partial charge on any atom is 0.341 e. The Morgan fingerprint density at radius 2 is 2.05 bits per heavy atom. The van der Waals surface area contributed by atoms with Crippen LogP contribution in [0.4, 0.5) is 0 Å². The van der Waals surface area contributed by atoms with Gasteiger partial charge in [0, 0.05) is 6.42 Å². The van der Waals surface area contributed by atoms with Gasteiger partial charge in [-0.25, -0.2) is 4.79 Å². The molecule has 0 saturated heterocycles. The van der Waals surface area contributed by atoms with E-state index in [1.807, 2.05) is 0 Å². The number of benzene rings is 1. The molecule has 0 fully saturated rings. The lowest BCUT2D eigenvalue weighted by atomic mass is 10.0. The summed E-state index contributed by atoms with van der Waals surface area (Å²) in [5, 5.41) is 8.95. The Bertz CT molecular complexity index is 512. The van der Waals surface area contributed by atoms with Crippen LogP contribution in [0.25, 0.3) is 0 Å². The van der Waals surface area contributed by atoms with Gasteiger partial charge in [-0.15, -0.1) is 0 Å². The number of allylic oxidation sites excluding steroid dienone is 1. The summed E-state index contributed by atoms with van der Waals surface area (Å²) in [4.78, 5) is 20.8. The van der Waals surface area contributed by atoms with E-state index in [4.69, 9.17) is 33.0 Å². The van der Waals surface area contributed by atoms with Gasteiger partial charge in [0.1, 0.15) is 17.1 Å². The third kappa shape index (κ3) is 4.58. The summed E-state index contributed by atoms with van der Waals surface area (Å²) < 4.78 is 4.99. The van der Waals surface area contributed by atoms with Crippen LogP contribution in [-0.2, 0) is 16.0 Å². The minimum absolute atomic E-state index is 0.152. The first kappa shape index (κ1) is 15.5. The fourth-order valence-corrected chi connectivity index (χ4v) is 1.88. The Hall–Kier alpha value is -1.52. The van der Waals surface area contributed by atoms with Gasteiger partial charge in [-0.1, -0.05) is 41.4 Å². The number of aldehydes is 1. The summed E-state index contributed by atoms with van der Waals surface area (Å²) in [6.45, 7) is 3.26. The third-order valence-corrected chi connectivity index (χ3v) is 3.19. The van der Waals surface area contributed by atoms with Crippen LogP contribution in [0.15, 0.2) is 24.3 Å². The van der Waals surface area contributed by atoms with Crippen molar-refractivity contribution in [1.82, 2.24) is 0 Å². The average Bonchev–Trinajstić information content (AvgIpc) is 2.34. The van der Waals surface area contributed by atoms with Crippen LogP contribution in [0.3, 0.4) is 0 Å². The Morgan fingerprint density at radius 3 is 2.63 bits per heavy atom. The Morgan fingerprint density at radius 1 is 1.37 bits per heavy atom. The molecule has 6 heteroatoms. The SMILES string of the molecule is C=C(CC=O)Cc1ccc(OCC(=O)O)c(Cl)c1Cl. The van der Waals surface area contributed by atoms with Crippen LogP contribution in [0.1, 0.15) is 12.0 Å². The monoisotopic (exact) mass is 302 g/mol. The summed E-state index contributed by atoms with van der Waals surface area (Å²) in [6.07, 6.45) is 1.45. The maximum absolute atomic E-state index is 10.4. The fourth-order valence-electron chi connectivity index (χ4n) is 1.42. The van der Waals surface area contributed by atoms with Crippen molar-refractivity contribution in [2.75, 3.05) is 6.61 Å². The summed E-state index contributed by atoms with van der Waals surface area (Å²) in [5.41, 5.74) is 1.42. The van der Waals surface area contributed by atoms with Crippen molar-refractivity contribution in [2.45, 2.75) is 12.8 Å². The molecule has 0 unspecified atom stereocenters. The van der Waals surface area contributed by atoms with Gasteiger partial charge in [0.2, 0.25) is 0 Å². The molecule has 0 radical (unpaired) electrons. The van der Waals surface area contributed by atoms with Crippen LogP contribution in [0.5, 0.6) is 5.75 Å². The number of carboxylic acids is 1. The Labute approximate surface area is 120 Å². The Balaban J connectivity index is 2.87. The molecule has 4 nitrogen and oxygen atoms in total. The first-order valence-corrected chi connectivity index (χ1v) is 6.13. The number of carbonyl (C=O) groups excluding carboxylic acids is 1. The van der Waals surface area contributed by atoms with Crippen LogP contribution in [-0.4, -0.2) is 24.0 Å². The van der Waals surface area contributed by atoms with E-state index in [1.54, 1.807) is 12.1 Å². The Kier molecular flexibility index (Phi) is 5.86. The molecular weight excluding hydrogens is 291 g/mol. The molecule has 1 aromatic carbocycles. The number of ether oxygens (including phenoxy) is 1. The zero-order valence-corrected chi connectivity index (χ0v) is 11.5. The van der Waals surface area contributed by atoms with Gasteiger partial charge in [-0.05, 0) is 18.1 Å². The summed E-state index contributed by atoms with van der Waals surface area (Å²) in [6, 6.07) is 3.21. The zero-order chi connectivity index (χ0) is 14.4. The van der Waals surface area contributed by atoms with E-state index in [0.717, 1.165) is 6.29 Å². The molecule has 1 rings (SSSR count). The zero-order valence-electron chi connectivity index (χ0n) is 9.99. The van der Waals surface area contributed by atoms with E-state index in [2.05, 4.69) is 6.58 Å². The molecule has 19 heavy (non-hydrogen) atoms. The second-order valence-corrected chi connectivity index (χ2v) is 4.59. The van der Waals surface area contributed by atoms with E-state index >= 15 is 0 Å². The molecule has 0 saturated carbocycles. The molecule has 102 valence electrons. The number of hydrogen-bond donors (Lipinski definition) is 1. The topological polar surface area (TPSA) is 63.6 Å². The molecule has 0 amide bonds. The summed E-state index contributed by atoms with van der Waals surface area (Å²) >= 11 is 12.1. The smallest absolute Gasteiger partial charge is 0.341 e. The quantitative estimate of drug-likeness (QED) is 0.621. The molecule has 0 aliphatic heterocycles. The lowest BCUT2D eigenvalue weighted by Gasteiger charge is -2.11. The van der Waals surface area contributed by atoms with Gasteiger partial charge in [-0.2, -0.15) is 0 Å². The highest BCUT2D eigenvalue weighted by atomic mass is 35.5. The van der Waals surface area contributed by atoms with Crippen molar-refractivity contribution in [2.24, 2.45) is 0 Å². The van der Waals surface area contributed by atoms with Gasteiger partial charge < -0.3 is 14.6 Å². The minimum atomic E-state index is -1.10. The highest BCUT2D eigenvalue weighted by molar-refractivity contribution is 6.43. The molecule has 0 bridgehead atoms. The summed E-state index contributed by atoms with van der Waals surface area (Å²) in [7, 11) is 0. The molecule has 0 atom stereocenters. The molecule has 0 aliphatic rings. The normalized spacial score (nSPS) is 10.0. The molecule has 0 spiro atoms. The second kappa shape index (κ2) is 7.16. The van der Waals surface area contributed by atoms with Crippen LogP contribution in [0.2, 0.25) is 10.0 Å². The van der Waals surface area contributed by atoms with Crippen molar-refractivity contribution in [3.05, 3.63) is 39.9 Å². The van der Waals surface area contributed by atoms with Crippen molar-refractivity contribution in [3.8, 4) is 5.75 Å². The molecule has 1 N–H and O–H groups in total. The van der Waals surface area contributed by atoms with Gasteiger partial charge in [0.25, 0.3) is 0 Å². The highest BCUT2D eigenvalue weighted by Crippen LogP contribution is 2.35. The third-order valence-electron chi connectivity index (χ3n) is 2.29. The van der Waals surface area contributed by atoms with Crippen LogP contribution >= 0.6 is 23.2 Å². The average molecular weight is 303 g/mol. The predicted octanol–water partition coefficient (Wildman–Crippen LogP) is 3.14. The second-order valence-electron chi connectivity index (χ2n) is 3.83. The van der Waals surface area contributed by atoms with Crippen molar-refractivity contribution in [3.63, 3.8) is 0 Å². The summed E-state index contributed by atoms with van der Waals surface area (Å²) in [5.74, 6) is -0.894. The molecule has 0 heterocycles. The van der Waals surface area contributed by atoms with Crippen molar-refractivity contribution in [1.29, 1.82) is 0 Å². The highest BCUT2D eigenvalue weighted by Gasteiger charge is 2.12. The van der Waals surface area contributed by atoms with E-state index in [1.165, 1.54) is 0 Å². The lowest BCUT2D eigenvalue weighted by molar-refractivity contribution is -0.139. The van der Waals surface area contributed by atoms with Gasteiger partial charge >= 0.3 is 5.97 Å².